The van der Waals surface area contributed by atoms with Crippen LogP contribution in [0.5, 0.6) is 0 Å². The molecule has 4 heterocycles. The van der Waals surface area contributed by atoms with Crippen LogP contribution in [0.4, 0.5) is 0 Å². The van der Waals surface area contributed by atoms with Crippen molar-refractivity contribution in [1.29, 1.82) is 0 Å². The lowest BCUT2D eigenvalue weighted by Crippen LogP contribution is -2.00. The van der Waals surface area contributed by atoms with Crippen LogP contribution in [0.3, 0.4) is 0 Å². The Morgan fingerprint density at radius 3 is 1.73 bits per heavy atom. The Bertz CT molecular complexity index is 3080. The Balaban J connectivity index is 1.19. The van der Waals surface area contributed by atoms with E-state index in [0.717, 1.165) is 88.1 Å². The largest absolute Gasteiger partial charge is 0.455 e. The van der Waals surface area contributed by atoms with Crippen molar-refractivity contribution in [3.05, 3.63) is 158 Å². The Hall–Kier alpha value is -7.05. The molecule has 0 aliphatic carbocycles. The van der Waals surface area contributed by atoms with Crippen LogP contribution in [-0.2, 0) is 0 Å². The molecule has 11 rings (SSSR count). The van der Waals surface area contributed by atoms with Crippen LogP contribution in [0.2, 0.25) is 0 Å². The van der Waals surface area contributed by atoms with Crippen LogP contribution in [-0.4, -0.2) is 19.5 Å². The Labute approximate surface area is 290 Å². The lowest BCUT2D eigenvalue weighted by Gasteiger charge is -2.08. The Kier molecular flexibility index (Phi) is 5.86. The van der Waals surface area contributed by atoms with Gasteiger partial charge >= 0.3 is 0 Å². The van der Waals surface area contributed by atoms with E-state index in [1.807, 2.05) is 78.9 Å². The summed E-state index contributed by atoms with van der Waals surface area (Å²) in [4.78, 5) is 15.0. The third kappa shape index (κ3) is 4.14. The second-order valence-corrected chi connectivity index (χ2v) is 12.8. The fourth-order valence-corrected chi connectivity index (χ4v) is 7.58. The first kappa shape index (κ1) is 27.9. The summed E-state index contributed by atoms with van der Waals surface area (Å²) in [5.41, 5.74) is 9.03. The SMILES string of the molecule is c1ccc(-c2nc(-c3ccccc3)nc(-c3cccc4c3oc3c4ccc4c3c3ccccc3n4-c3cccc4c3oc3ccccc34)n2)cc1. The van der Waals surface area contributed by atoms with Gasteiger partial charge in [0, 0.05) is 38.1 Å². The van der Waals surface area contributed by atoms with E-state index in [1.54, 1.807) is 0 Å². The molecule has 11 aromatic rings. The minimum atomic E-state index is 0.558. The molecule has 0 N–H and O–H groups in total. The number of para-hydroxylation sites is 4. The molecule has 0 atom stereocenters. The number of benzene rings is 7. The number of furan rings is 2. The van der Waals surface area contributed by atoms with Crippen LogP contribution in [0.25, 0.3) is 106 Å². The van der Waals surface area contributed by atoms with Gasteiger partial charge in [0.05, 0.1) is 27.7 Å². The molecule has 0 unspecified atom stereocenters. The maximum absolute atomic E-state index is 7.00. The number of rotatable bonds is 4. The zero-order chi connectivity index (χ0) is 33.5. The summed E-state index contributed by atoms with van der Waals surface area (Å²) >= 11 is 0. The van der Waals surface area contributed by atoms with Crippen LogP contribution in [0.15, 0.2) is 167 Å². The van der Waals surface area contributed by atoms with Crippen molar-refractivity contribution in [3.8, 4) is 39.9 Å². The molecule has 6 nitrogen and oxygen atoms in total. The van der Waals surface area contributed by atoms with Crippen LogP contribution >= 0.6 is 0 Å². The van der Waals surface area contributed by atoms with Gasteiger partial charge in [-0.1, -0.05) is 121 Å². The van der Waals surface area contributed by atoms with Crippen molar-refractivity contribution in [2.75, 3.05) is 0 Å². The van der Waals surface area contributed by atoms with E-state index in [4.69, 9.17) is 23.8 Å². The van der Waals surface area contributed by atoms with Crippen LogP contribution < -0.4 is 0 Å². The summed E-state index contributed by atoms with van der Waals surface area (Å²) < 4.78 is 15.8. The quantitative estimate of drug-likeness (QED) is 0.189. The zero-order valence-electron chi connectivity index (χ0n) is 27.1. The average molecular weight is 655 g/mol. The van der Waals surface area contributed by atoms with Crippen molar-refractivity contribution in [3.63, 3.8) is 0 Å². The third-order valence-electron chi connectivity index (χ3n) is 9.86. The van der Waals surface area contributed by atoms with Gasteiger partial charge in [0.2, 0.25) is 0 Å². The molecule has 0 saturated carbocycles. The molecule has 0 bridgehead atoms. The van der Waals surface area contributed by atoms with Gasteiger partial charge < -0.3 is 13.4 Å². The summed E-state index contributed by atoms with van der Waals surface area (Å²) in [6.07, 6.45) is 0. The molecule has 0 spiro atoms. The Morgan fingerprint density at radius 1 is 0.373 bits per heavy atom. The van der Waals surface area contributed by atoms with Gasteiger partial charge in [-0.05, 0) is 36.4 Å². The van der Waals surface area contributed by atoms with Crippen molar-refractivity contribution in [1.82, 2.24) is 19.5 Å². The average Bonchev–Trinajstić information content (AvgIpc) is 3.88. The van der Waals surface area contributed by atoms with E-state index >= 15 is 0 Å². The minimum absolute atomic E-state index is 0.558. The smallest absolute Gasteiger partial charge is 0.167 e. The second-order valence-electron chi connectivity index (χ2n) is 12.8. The summed E-state index contributed by atoms with van der Waals surface area (Å²) in [7, 11) is 0. The lowest BCUT2D eigenvalue weighted by atomic mass is 10.1. The summed E-state index contributed by atoms with van der Waals surface area (Å²) in [6.45, 7) is 0. The molecule has 0 aliphatic rings. The van der Waals surface area contributed by atoms with Gasteiger partial charge in [-0.2, -0.15) is 0 Å². The lowest BCUT2D eigenvalue weighted by molar-refractivity contribution is 0.666. The number of fused-ring (bicyclic) bond motifs is 10. The molecule has 51 heavy (non-hydrogen) atoms. The fourth-order valence-electron chi connectivity index (χ4n) is 7.58. The van der Waals surface area contributed by atoms with Crippen molar-refractivity contribution in [2.24, 2.45) is 0 Å². The maximum atomic E-state index is 7.00. The van der Waals surface area contributed by atoms with E-state index in [1.165, 1.54) is 0 Å². The molecular weight excluding hydrogens is 629 g/mol. The molecule has 4 aromatic heterocycles. The number of hydrogen-bond donors (Lipinski definition) is 0. The number of hydrogen-bond acceptors (Lipinski definition) is 5. The van der Waals surface area contributed by atoms with Gasteiger partial charge in [0.1, 0.15) is 16.7 Å². The molecule has 0 saturated heterocycles. The summed E-state index contributed by atoms with van der Waals surface area (Å²) in [5.74, 6) is 1.78. The van der Waals surface area contributed by atoms with E-state index in [2.05, 4.69) is 83.4 Å². The van der Waals surface area contributed by atoms with Gasteiger partial charge in [0.15, 0.2) is 23.1 Å². The molecule has 0 amide bonds. The molecule has 7 aromatic carbocycles. The highest BCUT2D eigenvalue weighted by Crippen LogP contribution is 2.44. The van der Waals surface area contributed by atoms with Crippen molar-refractivity contribution in [2.45, 2.75) is 0 Å². The van der Waals surface area contributed by atoms with E-state index in [-0.39, 0.29) is 0 Å². The normalized spacial score (nSPS) is 11.9. The predicted molar refractivity (Wildman–Crippen MR) is 205 cm³/mol. The molecule has 0 radical (unpaired) electrons. The minimum Gasteiger partial charge on any atom is -0.455 e. The molecule has 238 valence electrons. The van der Waals surface area contributed by atoms with Gasteiger partial charge in [-0.25, -0.2) is 15.0 Å². The first-order valence-corrected chi connectivity index (χ1v) is 17.0. The standard InChI is InChI=1S/C45H26N4O2/c1-3-13-27(14-4-1)43-46-44(28-15-5-2-6-16-28)48-45(47-43)34-21-11-19-31-32-25-26-36-39(42(32)51-40(31)34)33-18-7-9-22-35(33)49(36)37-23-12-20-30-29-17-8-10-24-38(29)50-41(30)37/h1-26H. The fraction of sp³-hybridized carbons (Fsp3) is 0. The highest BCUT2D eigenvalue weighted by Gasteiger charge is 2.23. The monoisotopic (exact) mass is 654 g/mol. The maximum Gasteiger partial charge on any atom is 0.167 e. The first-order valence-electron chi connectivity index (χ1n) is 17.0. The first-order chi connectivity index (χ1) is 25.3. The van der Waals surface area contributed by atoms with Gasteiger partial charge in [-0.15, -0.1) is 0 Å². The predicted octanol–water partition coefficient (Wildman–Crippen LogP) is 11.8. The number of aromatic nitrogens is 4. The number of nitrogens with zero attached hydrogens (tertiary/aromatic N) is 4. The van der Waals surface area contributed by atoms with Gasteiger partial charge in [-0.3, -0.25) is 0 Å². The van der Waals surface area contributed by atoms with E-state index < -0.39 is 0 Å². The van der Waals surface area contributed by atoms with Gasteiger partial charge in [0.25, 0.3) is 0 Å². The van der Waals surface area contributed by atoms with E-state index in [0.29, 0.717) is 17.5 Å². The van der Waals surface area contributed by atoms with Crippen molar-refractivity contribution >= 4 is 65.7 Å². The highest BCUT2D eigenvalue weighted by atomic mass is 16.3. The molecular formula is C45H26N4O2. The third-order valence-corrected chi connectivity index (χ3v) is 9.86. The summed E-state index contributed by atoms with van der Waals surface area (Å²) in [5, 5.41) is 6.37. The van der Waals surface area contributed by atoms with Crippen LogP contribution in [0.1, 0.15) is 0 Å². The topological polar surface area (TPSA) is 69.9 Å². The molecule has 0 fully saturated rings. The van der Waals surface area contributed by atoms with Crippen molar-refractivity contribution < 1.29 is 8.83 Å². The molecule has 6 heteroatoms. The Morgan fingerprint density at radius 2 is 0.961 bits per heavy atom. The second kappa shape index (κ2) is 10.7. The molecule has 0 aliphatic heterocycles. The van der Waals surface area contributed by atoms with E-state index in [9.17, 15) is 0 Å². The zero-order valence-corrected chi connectivity index (χ0v) is 27.1. The highest BCUT2D eigenvalue weighted by molar-refractivity contribution is 6.25. The van der Waals surface area contributed by atoms with Crippen LogP contribution in [0, 0.1) is 0 Å². The summed E-state index contributed by atoms with van der Waals surface area (Å²) in [6, 6.07) is 53.7.